The van der Waals surface area contributed by atoms with E-state index >= 15 is 0 Å². The van der Waals surface area contributed by atoms with Gasteiger partial charge in [-0.3, -0.25) is 9.69 Å². The van der Waals surface area contributed by atoms with Crippen LogP contribution >= 0.6 is 24.8 Å². The molecule has 1 fully saturated rings. The standard InChI is InChI=1S/C16H25N3O3S.2ClH/c1-13(17-2)11-18-16(20)15-5-3-4-14(10-15)12-19-6-8-23(21,22)9-7-19;;/h3-5,10,13,17H,6-9,11-12H2,1-2H3,(H,18,20);2*1H. The van der Waals surface area contributed by atoms with Crippen LogP contribution < -0.4 is 10.6 Å². The van der Waals surface area contributed by atoms with Gasteiger partial charge in [-0.2, -0.15) is 0 Å². The molecule has 1 heterocycles. The second kappa shape index (κ2) is 11.0. The van der Waals surface area contributed by atoms with Gasteiger partial charge in [-0.05, 0) is 31.7 Å². The van der Waals surface area contributed by atoms with Crippen LogP contribution in [0, 0.1) is 0 Å². The lowest BCUT2D eigenvalue weighted by Crippen LogP contribution is -2.39. The maximum absolute atomic E-state index is 12.2. The summed E-state index contributed by atoms with van der Waals surface area (Å²) in [4.78, 5) is 14.3. The summed E-state index contributed by atoms with van der Waals surface area (Å²) in [5.74, 6) is 0.347. The summed E-state index contributed by atoms with van der Waals surface area (Å²) < 4.78 is 22.9. The number of hydrogen-bond donors (Lipinski definition) is 2. The van der Waals surface area contributed by atoms with Gasteiger partial charge >= 0.3 is 0 Å². The highest BCUT2D eigenvalue weighted by Gasteiger charge is 2.21. The number of amides is 1. The quantitative estimate of drug-likeness (QED) is 0.732. The average molecular weight is 412 g/mol. The number of likely N-dealkylation sites (N-methyl/N-ethyl adjacent to an activating group) is 1. The summed E-state index contributed by atoms with van der Waals surface area (Å²) in [7, 11) is -1.00. The SMILES string of the molecule is CNC(C)CNC(=O)c1cccc(CN2CCS(=O)(=O)CC2)c1.Cl.Cl. The maximum Gasteiger partial charge on any atom is 0.251 e. The van der Waals surface area contributed by atoms with Crippen molar-refractivity contribution < 1.29 is 13.2 Å². The minimum atomic E-state index is -2.86. The van der Waals surface area contributed by atoms with E-state index < -0.39 is 9.84 Å². The lowest BCUT2D eigenvalue weighted by Gasteiger charge is -2.26. The number of sulfone groups is 1. The third kappa shape index (κ3) is 7.92. The van der Waals surface area contributed by atoms with Crippen LogP contribution in [-0.4, -0.2) is 63.5 Å². The first-order chi connectivity index (χ1) is 10.9. The van der Waals surface area contributed by atoms with Crippen LogP contribution in [0.2, 0.25) is 0 Å². The molecule has 9 heteroatoms. The fourth-order valence-corrected chi connectivity index (χ4v) is 3.70. The monoisotopic (exact) mass is 411 g/mol. The summed E-state index contributed by atoms with van der Waals surface area (Å²) in [6.07, 6.45) is 0. The van der Waals surface area contributed by atoms with Crippen molar-refractivity contribution in [1.82, 2.24) is 15.5 Å². The van der Waals surface area contributed by atoms with E-state index in [-0.39, 0.29) is 48.3 Å². The minimum absolute atomic E-state index is 0. The molecule has 1 aromatic carbocycles. The Labute approximate surface area is 162 Å². The normalized spacial score (nSPS) is 17.7. The Morgan fingerprint density at radius 1 is 1.24 bits per heavy atom. The smallest absolute Gasteiger partial charge is 0.251 e. The van der Waals surface area contributed by atoms with Gasteiger partial charge in [-0.15, -0.1) is 24.8 Å². The van der Waals surface area contributed by atoms with Gasteiger partial charge in [0.05, 0.1) is 11.5 Å². The molecule has 0 bridgehead atoms. The Hall–Kier alpha value is -0.860. The first kappa shape index (κ1) is 24.1. The van der Waals surface area contributed by atoms with Crippen LogP contribution in [0.25, 0.3) is 0 Å². The van der Waals surface area contributed by atoms with E-state index in [2.05, 4.69) is 15.5 Å². The highest BCUT2D eigenvalue weighted by Crippen LogP contribution is 2.11. The molecule has 0 saturated carbocycles. The summed E-state index contributed by atoms with van der Waals surface area (Å²) in [6.45, 7) is 4.35. The van der Waals surface area contributed by atoms with Gasteiger partial charge in [-0.25, -0.2) is 8.42 Å². The van der Waals surface area contributed by atoms with E-state index in [1.165, 1.54) is 0 Å². The molecule has 0 spiro atoms. The van der Waals surface area contributed by atoms with Crippen LogP contribution in [0.1, 0.15) is 22.8 Å². The molecule has 1 saturated heterocycles. The second-order valence-corrected chi connectivity index (χ2v) is 8.33. The Balaban J connectivity index is 0.00000288. The van der Waals surface area contributed by atoms with E-state index in [0.717, 1.165) is 5.56 Å². The van der Waals surface area contributed by atoms with E-state index in [1.807, 2.05) is 32.2 Å². The Kier molecular flexibility index (Phi) is 10.6. The summed E-state index contributed by atoms with van der Waals surface area (Å²) in [5, 5.41) is 5.97. The molecule has 1 atom stereocenters. The molecule has 144 valence electrons. The van der Waals surface area contributed by atoms with Crippen molar-refractivity contribution in [2.75, 3.05) is 38.2 Å². The van der Waals surface area contributed by atoms with Crippen LogP contribution in [0.4, 0.5) is 0 Å². The van der Waals surface area contributed by atoms with Crippen molar-refractivity contribution >= 4 is 40.6 Å². The minimum Gasteiger partial charge on any atom is -0.350 e. The largest absolute Gasteiger partial charge is 0.350 e. The van der Waals surface area contributed by atoms with Crippen molar-refractivity contribution in [3.8, 4) is 0 Å². The Bertz CT molecular complexity index is 642. The zero-order chi connectivity index (χ0) is 16.9. The predicted molar refractivity (Wildman–Crippen MR) is 106 cm³/mol. The van der Waals surface area contributed by atoms with Gasteiger partial charge < -0.3 is 10.6 Å². The van der Waals surface area contributed by atoms with Crippen LogP contribution in [0.15, 0.2) is 24.3 Å². The molecule has 1 aromatic rings. The fraction of sp³-hybridized carbons (Fsp3) is 0.562. The van der Waals surface area contributed by atoms with Gasteiger partial charge in [-0.1, -0.05) is 12.1 Å². The van der Waals surface area contributed by atoms with E-state index in [1.54, 1.807) is 6.07 Å². The molecule has 25 heavy (non-hydrogen) atoms. The zero-order valence-corrected chi connectivity index (χ0v) is 17.0. The van der Waals surface area contributed by atoms with Crippen LogP contribution in [0.5, 0.6) is 0 Å². The molecule has 0 aromatic heterocycles. The van der Waals surface area contributed by atoms with Crippen molar-refractivity contribution in [2.45, 2.75) is 19.5 Å². The average Bonchev–Trinajstić information content (AvgIpc) is 2.54. The second-order valence-electron chi connectivity index (χ2n) is 6.03. The Morgan fingerprint density at radius 2 is 1.88 bits per heavy atom. The van der Waals surface area contributed by atoms with Crippen LogP contribution in [-0.2, 0) is 16.4 Å². The molecule has 2 rings (SSSR count). The lowest BCUT2D eigenvalue weighted by atomic mass is 10.1. The summed E-state index contributed by atoms with van der Waals surface area (Å²) in [6, 6.07) is 7.73. The third-order valence-corrected chi connectivity index (χ3v) is 5.70. The van der Waals surface area contributed by atoms with Gasteiger partial charge in [0, 0.05) is 37.8 Å². The van der Waals surface area contributed by atoms with E-state index in [4.69, 9.17) is 0 Å². The number of benzene rings is 1. The first-order valence-corrected chi connectivity index (χ1v) is 9.69. The number of halogens is 2. The number of nitrogens with zero attached hydrogens (tertiary/aromatic N) is 1. The van der Waals surface area contributed by atoms with Crippen molar-refractivity contribution in [3.63, 3.8) is 0 Å². The Morgan fingerprint density at radius 3 is 2.48 bits per heavy atom. The number of nitrogens with one attached hydrogen (secondary N) is 2. The molecule has 1 amide bonds. The van der Waals surface area contributed by atoms with Crippen molar-refractivity contribution in [2.24, 2.45) is 0 Å². The number of hydrogen-bond acceptors (Lipinski definition) is 5. The first-order valence-electron chi connectivity index (χ1n) is 7.87. The number of carbonyl (C=O) groups is 1. The van der Waals surface area contributed by atoms with Gasteiger partial charge in [0.25, 0.3) is 5.91 Å². The predicted octanol–water partition coefficient (Wildman–Crippen LogP) is 1.10. The van der Waals surface area contributed by atoms with Crippen molar-refractivity contribution in [3.05, 3.63) is 35.4 Å². The molecule has 2 N–H and O–H groups in total. The number of carbonyl (C=O) groups excluding carboxylic acids is 1. The number of rotatable bonds is 6. The summed E-state index contributed by atoms with van der Waals surface area (Å²) >= 11 is 0. The van der Waals surface area contributed by atoms with Gasteiger partial charge in [0.1, 0.15) is 0 Å². The van der Waals surface area contributed by atoms with Crippen LogP contribution in [0.3, 0.4) is 0 Å². The molecular weight excluding hydrogens is 385 g/mol. The van der Waals surface area contributed by atoms with Gasteiger partial charge in [0.15, 0.2) is 9.84 Å². The topological polar surface area (TPSA) is 78.5 Å². The maximum atomic E-state index is 12.2. The van der Waals surface area contributed by atoms with E-state index in [9.17, 15) is 13.2 Å². The van der Waals surface area contributed by atoms with E-state index in [0.29, 0.717) is 31.7 Å². The molecule has 1 unspecified atom stereocenters. The molecule has 0 radical (unpaired) electrons. The molecule has 1 aliphatic heterocycles. The fourth-order valence-electron chi connectivity index (χ4n) is 2.43. The molecular formula is C16H27Cl2N3O3S. The summed E-state index contributed by atoms with van der Waals surface area (Å²) in [5.41, 5.74) is 1.66. The molecule has 6 nitrogen and oxygen atoms in total. The zero-order valence-electron chi connectivity index (χ0n) is 14.5. The van der Waals surface area contributed by atoms with Crippen molar-refractivity contribution in [1.29, 1.82) is 0 Å². The molecule has 1 aliphatic rings. The highest BCUT2D eigenvalue weighted by molar-refractivity contribution is 7.91. The third-order valence-electron chi connectivity index (χ3n) is 4.09. The lowest BCUT2D eigenvalue weighted by molar-refractivity contribution is 0.0950. The molecule has 0 aliphatic carbocycles. The highest BCUT2D eigenvalue weighted by atomic mass is 35.5. The van der Waals surface area contributed by atoms with Gasteiger partial charge in [0.2, 0.25) is 0 Å².